The first-order valence-electron chi connectivity index (χ1n) is 2.86. The molecule has 10 heavy (non-hydrogen) atoms. The molecule has 0 saturated carbocycles. The molecule has 4 nitrogen and oxygen atoms in total. The average Bonchev–Trinajstić information content (AvgIpc) is 2.09. The van der Waals surface area contributed by atoms with Crippen molar-refractivity contribution in [2.75, 3.05) is 5.73 Å². The summed E-state index contributed by atoms with van der Waals surface area (Å²) in [5.74, 6) is 0. The standard InChI is InChI=1S/C6H8N4/c1-4-6(8)5(3-7)10(2)9-4/h8H2,1-2H3. The summed E-state index contributed by atoms with van der Waals surface area (Å²) in [6.07, 6.45) is 0. The van der Waals surface area contributed by atoms with E-state index in [2.05, 4.69) is 5.10 Å². The summed E-state index contributed by atoms with van der Waals surface area (Å²) in [6.45, 7) is 1.77. The number of nitriles is 1. The predicted octanol–water partition coefficient (Wildman–Crippen LogP) is 0.182. The van der Waals surface area contributed by atoms with E-state index >= 15 is 0 Å². The number of nitrogens with zero attached hydrogens (tertiary/aromatic N) is 3. The molecule has 0 aliphatic heterocycles. The van der Waals surface area contributed by atoms with Gasteiger partial charge in [0.15, 0.2) is 5.69 Å². The molecule has 1 heterocycles. The summed E-state index contributed by atoms with van der Waals surface area (Å²) in [5, 5.41) is 12.5. The summed E-state index contributed by atoms with van der Waals surface area (Å²) < 4.78 is 1.48. The van der Waals surface area contributed by atoms with Crippen molar-refractivity contribution >= 4 is 5.69 Å². The zero-order valence-electron chi connectivity index (χ0n) is 5.92. The second-order valence-corrected chi connectivity index (χ2v) is 2.08. The second-order valence-electron chi connectivity index (χ2n) is 2.08. The smallest absolute Gasteiger partial charge is 0.161 e. The Bertz CT molecular complexity index is 291. The molecule has 1 aromatic heterocycles. The number of aromatic nitrogens is 2. The lowest BCUT2D eigenvalue weighted by atomic mass is 10.3. The van der Waals surface area contributed by atoms with Crippen LogP contribution in [-0.4, -0.2) is 9.78 Å². The van der Waals surface area contributed by atoms with E-state index in [0.717, 1.165) is 0 Å². The highest BCUT2D eigenvalue weighted by Gasteiger charge is 2.07. The Labute approximate surface area is 58.9 Å². The highest BCUT2D eigenvalue weighted by Crippen LogP contribution is 2.12. The second kappa shape index (κ2) is 2.03. The SMILES string of the molecule is Cc1nn(C)c(C#N)c1N. The molecule has 0 amide bonds. The Hall–Kier alpha value is -1.50. The van der Waals surface area contributed by atoms with Gasteiger partial charge in [-0.05, 0) is 6.92 Å². The van der Waals surface area contributed by atoms with Crippen molar-refractivity contribution in [3.8, 4) is 6.07 Å². The number of hydrogen-bond acceptors (Lipinski definition) is 3. The molecule has 0 aliphatic carbocycles. The van der Waals surface area contributed by atoms with Gasteiger partial charge in [0, 0.05) is 7.05 Å². The van der Waals surface area contributed by atoms with Gasteiger partial charge >= 0.3 is 0 Å². The van der Waals surface area contributed by atoms with Crippen molar-refractivity contribution in [2.24, 2.45) is 7.05 Å². The van der Waals surface area contributed by atoms with Crippen molar-refractivity contribution in [3.63, 3.8) is 0 Å². The van der Waals surface area contributed by atoms with Gasteiger partial charge in [0.1, 0.15) is 6.07 Å². The van der Waals surface area contributed by atoms with Crippen LogP contribution in [0, 0.1) is 18.3 Å². The van der Waals surface area contributed by atoms with Crippen molar-refractivity contribution in [1.29, 1.82) is 5.26 Å². The Morgan fingerprint density at radius 3 is 2.50 bits per heavy atom. The molecule has 2 N–H and O–H groups in total. The number of rotatable bonds is 0. The molecule has 1 rings (SSSR count). The van der Waals surface area contributed by atoms with Crippen LogP contribution in [0.2, 0.25) is 0 Å². The van der Waals surface area contributed by atoms with Crippen LogP contribution in [0.5, 0.6) is 0 Å². The molecule has 0 atom stereocenters. The molecule has 0 spiro atoms. The van der Waals surface area contributed by atoms with Crippen LogP contribution in [0.4, 0.5) is 5.69 Å². The summed E-state index contributed by atoms with van der Waals surface area (Å²) in [7, 11) is 1.70. The quantitative estimate of drug-likeness (QED) is 0.553. The van der Waals surface area contributed by atoms with Crippen LogP contribution in [0.25, 0.3) is 0 Å². The van der Waals surface area contributed by atoms with Gasteiger partial charge in [-0.1, -0.05) is 0 Å². The van der Waals surface area contributed by atoms with Gasteiger partial charge in [0.2, 0.25) is 0 Å². The molecule has 0 unspecified atom stereocenters. The third-order valence-corrected chi connectivity index (χ3v) is 1.37. The van der Waals surface area contributed by atoms with Crippen LogP contribution < -0.4 is 5.73 Å². The summed E-state index contributed by atoms with van der Waals surface area (Å²) in [4.78, 5) is 0. The van der Waals surface area contributed by atoms with Crippen molar-refractivity contribution < 1.29 is 0 Å². The van der Waals surface area contributed by atoms with Gasteiger partial charge < -0.3 is 5.73 Å². The van der Waals surface area contributed by atoms with E-state index in [4.69, 9.17) is 11.0 Å². The Balaban J connectivity index is 3.37. The molecule has 0 aliphatic rings. The Kier molecular flexibility index (Phi) is 1.34. The minimum Gasteiger partial charge on any atom is -0.395 e. The monoisotopic (exact) mass is 136 g/mol. The fourth-order valence-corrected chi connectivity index (χ4v) is 0.807. The van der Waals surface area contributed by atoms with E-state index in [-0.39, 0.29) is 0 Å². The van der Waals surface area contributed by atoms with Gasteiger partial charge in [-0.3, -0.25) is 4.68 Å². The first-order chi connectivity index (χ1) is 4.66. The minimum atomic E-state index is 0.428. The average molecular weight is 136 g/mol. The molecule has 0 aromatic carbocycles. The molecule has 0 saturated heterocycles. The number of nitrogens with two attached hydrogens (primary N) is 1. The topological polar surface area (TPSA) is 67.6 Å². The molecule has 0 bridgehead atoms. The van der Waals surface area contributed by atoms with Crippen LogP contribution in [0.3, 0.4) is 0 Å². The largest absolute Gasteiger partial charge is 0.395 e. The van der Waals surface area contributed by atoms with Crippen molar-refractivity contribution in [2.45, 2.75) is 6.92 Å². The maximum atomic E-state index is 8.52. The maximum Gasteiger partial charge on any atom is 0.161 e. The minimum absolute atomic E-state index is 0.428. The third kappa shape index (κ3) is 0.722. The van der Waals surface area contributed by atoms with Crippen molar-refractivity contribution in [1.82, 2.24) is 9.78 Å². The van der Waals surface area contributed by atoms with Crippen LogP contribution in [0.1, 0.15) is 11.4 Å². The fourth-order valence-electron chi connectivity index (χ4n) is 0.807. The zero-order valence-corrected chi connectivity index (χ0v) is 5.92. The zero-order chi connectivity index (χ0) is 7.72. The molecule has 1 aromatic rings. The molecule has 0 fully saturated rings. The maximum absolute atomic E-state index is 8.52. The number of aryl methyl sites for hydroxylation is 2. The molecular formula is C6H8N4. The van der Waals surface area contributed by atoms with E-state index in [0.29, 0.717) is 17.1 Å². The number of anilines is 1. The van der Waals surface area contributed by atoms with E-state index in [9.17, 15) is 0 Å². The van der Waals surface area contributed by atoms with Crippen molar-refractivity contribution in [3.05, 3.63) is 11.4 Å². The first kappa shape index (κ1) is 6.62. The molecular weight excluding hydrogens is 128 g/mol. The Morgan fingerprint density at radius 1 is 1.70 bits per heavy atom. The molecule has 4 heteroatoms. The molecule has 0 radical (unpaired) electrons. The number of nitrogen functional groups attached to an aromatic ring is 1. The molecule has 52 valence electrons. The van der Waals surface area contributed by atoms with Crippen LogP contribution in [0.15, 0.2) is 0 Å². The van der Waals surface area contributed by atoms with E-state index in [1.54, 1.807) is 14.0 Å². The van der Waals surface area contributed by atoms with Gasteiger partial charge in [0.25, 0.3) is 0 Å². The fraction of sp³-hybridized carbons (Fsp3) is 0.333. The Morgan fingerprint density at radius 2 is 2.30 bits per heavy atom. The third-order valence-electron chi connectivity index (χ3n) is 1.37. The first-order valence-corrected chi connectivity index (χ1v) is 2.86. The summed E-state index contributed by atoms with van der Waals surface area (Å²) >= 11 is 0. The normalized spacial score (nSPS) is 9.30. The highest BCUT2D eigenvalue weighted by atomic mass is 15.3. The summed E-state index contributed by atoms with van der Waals surface area (Å²) in [5.41, 5.74) is 7.12. The van der Waals surface area contributed by atoms with Gasteiger partial charge in [-0.15, -0.1) is 0 Å². The van der Waals surface area contributed by atoms with E-state index < -0.39 is 0 Å². The number of hydrogen-bond donors (Lipinski definition) is 1. The lowest BCUT2D eigenvalue weighted by Crippen LogP contribution is -1.95. The summed E-state index contributed by atoms with van der Waals surface area (Å²) in [6, 6.07) is 1.96. The van der Waals surface area contributed by atoms with E-state index in [1.165, 1.54) is 4.68 Å². The van der Waals surface area contributed by atoms with Gasteiger partial charge in [-0.2, -0.15) is 10.4 Å². The lowest BCUT2D eigenvalue weighted by Gasteiger charge is -1.87. The van der Waals surface area contributed by atoms with Gasteiger partial charge in [-0.25, -0.2) is 0 Å². The van der Waals surface area contributed by atoms with Gasteiger partial charge in [0.05, 0.1) is 11.4 Å². The lowest BCUT2D eigenvalue weighted by molar-refractivity contribution is 0.746. The van der Waals surface area contributed by atoms with Crippen LogP contribution in [-0.2, 0) is 7.05 Å². The highest BCUT2D eigenvalue weighted by molar-refractivity contribution is 5.53. The van der Waals surface area contributed by atoms with E-state index in [1.807, 2.05) is 6.07 Å². The van der Waals surface area contributed by atoms with Crippen LogP contribution >= 0.6 is 0 Å². The predicted molar refractivity (Wildman–Crippen MR) is 37.1 cm³/mol.